The maximum absolute atomic E-state index is 14.0. The number of amides is 2. The number of rotatable bonds is 4. The molecule has 0 bridgehead atoms. The molecule has 2 saturated heterocycles. The SMILES string of the molecule is COC(=O)c1c(N2C(=O)[C@@H]3[C@@H](c4ccc(Cl)cc4Cl)N(c4ccccc4C)O[C@H]3C2=O)sc(C)c1C. The van der Waals surface area contributed by atoms with Crippen LogP contribution in [0.2, 0.25) is 10.0 Å². The zero-order valence-corrected chi connectivity index (χ0v) is 22.2. The smallest absolute Gasteiger partial charge is 0.341 e. The lowest BCUT2D eigenvalue weighted by atomic mass is 9.90. The summed E-state index contributed by atoms with van der Waals surface area (Å²) in [5.74, 6) is -2.51. The number of benzene rings is 2. The van der Waals surface area contributed by atoms with Crippen LogP contribution in [0.5, 0.6) is 0 Å². The van der Waals surface area contributed by atoms with Gasteiger partial charge in [0.25, 0.3) is 5.91 Å². The van der Waals surface area contributed by atoms with Crippen molar-refractivity contribution in [1.82, 2.24) is 0 Å². The van der Waals surface area contributed by atoms with Crippen molar-refractivity contribution in [2.75, 3.05) is 17.1 Å². The summed E-state index contributed by atoms with van der Waals surface area (Å²) >= 11 is 14.0. The summed E-state index contributed by atoms with van der Waals surface area (Å²) in [7, 11) is 1.27. The molecule has 2 fully saturated rings. The maximum atomic E-state index is 14.0. The molecule has 0 unspecified atom stereocenters. The fraction of sp³-hybridized carbons (Fsp3) is 0.269. The Morgan fingerprint density at radius 2 is 1.78 bits per heavy atom. The van der Waals surface area contributed by atoms with Crippen molar-refractivity contribution in [3.63, 3.8) is 0 Å². The zero-order valence-electron chi connectivity index (χ0n) is 19.9. The van der Waals surface area contributed by atoms with Gasteiger partial charge in [0, 0.05) is 14.9 Å². The monoisotopic (exact) mass is 544 g/mol. The number of para-hydroxylation sites is 1. The molecule has 5 rings (SSSR count). The van der Waals surface area contributed by atoms with Gasteiger partial charge in [-0.15, -0.1) is 11.3 Å². The molecule has 7 nitrogen and oxygen atoms in total. The summed E-state index contributed by atoms with van der Waals surface area (Å²) in [6.45, 7) is 5.51. The number of halogens is 2. The first-order valence-electron chi connectivity index (χ1n) is 11.2. The van der Waals surface area contributed by atoms with Gasteiger partial charge in [-0.05, 0) is 55.7 Å². The Balaban J connectivity index is 1.65. The lowest BCUT2D eigenvalue weighted by Crippen LogP contribution is -2.38. The molecule has 0 N–H and O–H groups in total. The van der Waals surface area contributed by atoms with E-state index in [-0.39, 0.29) is 10.6 Å². The van der Waals surface area contributed by atoms with Crippen molar-refractivity contribution >= 4 is 63.0 Å². The lowest BCUT2D eigenvalue weighted by Gasteiger charge is -2.30. The minimum Gasteiger partial charge on any atom is -0.465 e. The Kier molecular flexibility index (Phi) is 6.32. The zero-order chi connectivity index (χ0) is 25.9. The van der Waals surface area contributed by atoms with Crippen LogP contribution in [0.25, 0.3) is 0 Å². The van der Waals surface area contributed by atoms with Crippen LogP contribution in [0.1, 0.15) is 38.0 Å². The molecule has 2 aliphatic rings. The van der Waals surface area contributed by atoms with Crippen molar-refractivity contribution in [2.45, 2.75) is 32.9 Å². The lowest BCUT2D eigenvalue weighted by molar-refractivity contribution is -0.126. The largest absolute Gasteiger partial charge is 0.465 e. The van der Waals surface area contributed by atoms with Gasteiger partial charge in [0.2, 0.25) is 5.91 Å². The van der Waals surface area contributed by atoms with Gasteiger partial charge >= 0.3 is 5.97 Å². The highest BCUT2D eigenvalue weighted by Gasteiger charge is 2.61. The van der Waals surface area contributed by atoms with E-state index in [1.165, 1.54) is 18.4 Å². The van der Waals surface area contributed by atoms with Crippen molar-refractivity contribution in [3.8, 4) is 0 Å². The second-order valence-corrected chi connectivity index (χ2v) is 10.8. The van der Waals surface area contributed by atoms with Crippen molar-refractivity contribution in [3.05, 3.63) is 79.6 Å². The Hall–Kier alpha value is -2.91. The van der Waals surface area contributed by atoms with Gasteiger partial charge in [-0.3, -0.25) is 14.4 Å². The van der Waals surface area contributed by atoms with E-state index in [4.69, 9.17) is 32.8 Å². The second-order valence-electron chi connectivity index (χ2n) is 8.74. The number of hydrogen-bond acceptors (Lipinski definition) is 7. The van der Waals surface area contributed by atoms with Crippen LogP contribution in [0.3, 0.4) is 0 Å². The van der Waals surface area contributed by atoms with Crippen LogP contribution in [0.4, 0.5) is 10.7 Å². The summed E-state index contributed by atoms with van der Waals surface area (Å²) < 4.78 is 4.95. The van der Waals surface area contributed by atoms with Gasteiger partial charge in [0.1, 0.15) is 10.9 Å². The number of imide groups is 1. The molecule has 36 heavy (non-hydrogen) atoms. The topological polar surface area (TPSA) is 76.2 Å². The number of esters is 1. The molecule has 10 heteroatoms. The van der Waals surface area contributed by atoms with E-state index in [9.17, 15) is 14.4 Å². The highest BCUT2D eigenvalue weighted by molar-refractivity contribution is 7.17. The van der Waals surface area contributed by atoms with Crippen molar-refractivity contribution < 1.29 is 24.0 Å². The summed E-state index contributed by atoms with van der Waals surface area (Å²) in [5.41, 5.74) is 3.10. The van der Waals surface area contributed by atoms with E-state index in [0.29, 0.717) is 26.9 Å². The van der Waals surface area contributed by atoms with E-state index in [0.717, 1.165) is 15.3 Å². The highest BCUT2D eigenvalue weighted by atomic mass is 35.5. The Morgan fingerprint density at radius 3 is 2.44 bits per heavy atom. The quantitative estimate of drug-likeness (QED) is 0.304. The third-order valence-corrected chi connectivity index (χ3v) is 8.46. The van der Waals surface area contributed by atoms with Crippen LogP contribution < -0.4 is 9.96 Å². The first-order valence-corrected chi connectivity index (χ1v) is 12.8. The number of carbonyl (C=O) groups excluding carboxylic acids is 3. The molecule has 3 heterocycles. The fourth-order valence-electron chi connectivity index (χ4n) is 4.80. The number of thiophene rings is 1. The number of hydrogen-bond donors (Lipinski definition) is 0. The summed E-state index contributed by atoms with van der Waals surface area (Å²) in [6.07, 6.45) is -1.10. The third kappa shape index (κ3) is 3.71. The van der Waals surface area contributed by atoms with Crippen LogP contribution in [-0.4, -0.2) is 31.0 Å². The molecule has 2 aromatic carbocycles. The van der Waals surface area contributed by atoms with Crippen LogP contribution in [0, 0.1) is 26.7 Å². The Bertz CT molecular complexity index is 1420. The normalized spacial score (nSPS) is 21.3. The molecule has 1 aromatic heterocycles. The number of aryl methyl sites for hydroxylation is 2. The van der Waals surface area contributed by atoms with Gasteiger partial charge in [0.05, 0.1) is 24.4 Å². The van der Waals surface area contributed by atoms with E-state index < -0.39 is 35.8 Å². The molecule has 2 amide bonds. The number of hydroxylamine groups is 1. The van der Waals surface area contributed by atoms with Gasteiger partial charge in [-0.25, -0.2) is 14.8 Å². The molecule has 2 aliphatic heterocycles. The summed E-state index contributed by atoms with van der Waals surface area (Å²) in [6, 6.07) is 11.9. The maximum Gasteiger partial charge on any atom is 0.341 e. The van der Waals surface area contributed by atoms with Gasteiger partial charge in [0.15, 0.2) is 6.10 Å². The number of anilines is 2. The summed E-state index contributed by atoms with van der Waals surface area (Å²) in [4.78, 5) is 48.4. The van der Waals surface area contributed by atoms with Crippen molar-refractivity contribution in [1.29, 1.82) is 0 Å². The first kappa shape index (κ1) is 24.8. The van der Waals surface area contributed by atoms with Crippen LogP contribution >= 0.6 is 34.5 Å². The molecule has 0 radical (unpaired) electrons. The van der Waals surface area contributed by atoms with E-state index >= 15 is 0 Å². The molecule has 186 valence electrons. The molecular weight excluding hydrogens is 523 g/mol. The summed E-state index contributed by atoms with van der Waals surface area (Å²) in [5, 5.41) is 2.64. The van der Waals surface area contributed by atoms with E-state index in [1.807, 2.05) is 38.1 Å². The Labute approximate surface area is 222 Å². The van der Waals surface area contributed by atoms with Crippen LogP contribution in [-0.2, 0) is 19.2 Å². The molecule has 0 spiro atoms. The highest BCUT2D eigenvalue weighted by Crippen LogP contribution is 2.51. The van der Waals surface area contributed by atoms with Crippen LogP contribution in [0.15, 0.2) is 42.5 Å². The second kappa shape index (κ2) is 9.19. The number of fused-ring (bicyclic) bond motifs is 1. The average Bonchev–Trinajstić information content (AvgIpc) is 3.44. The molecule has 0 aliphatic carbocycles. The number of methoxy groups -OCH3 is 1. The first-order chi connectivity index (χ1) is 17.1. The predicted molar refractivity (Wildman–Crippen MR) is 139 cm³/mol. The number of ether oxygens (including phenoxy) is 1. The van der Waals surface area contributed by atoms with Gasteiger partial charge in [-0.1, -0.05) is 47.5 Å². The minimum absolute atomic E-state index is 0.207. The van der Waals surface area contributed by atoms with E-state index in [2.05, 4.69) is 0 Å². The molecule has 3 atom stereocenters. The minimum atomic E-state index is -1.10. The fourth-order valence-corrected chi connectivity index (χ4v) is 6.48. The van der Waals surface area contributed by atoms with Gasteiger partial charge in [-0.2, -0.15) is 0 Å². The van der Waals surface area contributed by atoms with E-state index in [1.54, 1.807) is 30.2 Å². The average molecular weight is 545 g/mol. The van der Waals surface area contributed by atoms with Gasteiger partial charge < -0.3 is 4.74 Å². The predicted octanol–water partition coefficient (Wildman–Crippen LogP) is 5.82. The number of nitrogens with zero attached hydrogens (tertiary/aromatic N) is 2. The molecule has 3 aromatic rings. The molecule has 0 saturated carbocycles. The molecular formula is C26H22Cl2N2O5S. The van der Waals surface area contributed by atoms with Crippen molar-refractivity contribution in [2.24, 2.45) is 5.92 Å². The third-order valence-electron chi connectivity index (χ3n) is 6.71. The Morgan fingerprint density at radius 1 is 1.06 bits per heavy atom. The number of carbonyl (C=O) groups is 3. The standard InChI is InChI=1S/C26H22Cl2N2O5S/c1-12-7-5-6-8-18(12)30-21(16-10-9-15(27)11-17(16)28)20-22(35-30)24(32)29(23(20)31)25-19(26(33)34-4)13(2)14(3)36-25/h5-11,20-22H,1-4H3/t20-,21-,22-/m1/s1.